The van der Waals surface area contributed by atoms with Crippen LogP contribution in [0.4, 0.5) is 4.79 Å². The molecule has 5 rings (SSSR count). The van der Waals surface area contributed by atoms with Crippen LogP contribution in [-0.2, 0) is 33.3 Å². The van der Waals surface area contributed by atoms with Gasteiger partial charge >= 0.3 is 18.0 Å². The van der Waals surface area contributed by atoms with Gasteiger partial charge in [0.1, 0.15) is 29.5 Å². The number of aliphatic hydroxyl groups is 5. The van der Waals surface area contributed by atoms with Crippen molar-refractivity contribution >= 4 is 23.8 Å². The van der Waals surface area contributed by atoms with Crippen molar-refractivity contribution in [3.63, 3.8) is 0 Å². The lowest BCUT2D eigenvalue weighted by molar-refractivity contribution is -0.346. The molecule has 51 heavy (non-hydrogen) atoms. The molecule has 0 radical (unpaired) electrons. The molecule has 6 N–H and O–H groups in total. The molecular formula is C37H51NO13. The summed E-state index contributed by atoms with van der Waals surface area (Å²) >= 11 is 0. The minimum atomic E-state index is -2.28. The van der Waals surface area contributed by atoms with Gasteiger partial charge in [0, 0.05) is 31.1 Å². The summed E-state index contributed by atoms with van der Waals surface area (Å²) < 4.78 is 22.7. The number of Topliss-reactive ketones (excluding diaryl/α,β-unsaturated/α-hetero) is 1. The highest BCUT2D eigenvalue weighted by atomic mass is 16.6. The van der Waals surface area contributed by atoms with E-state index in [0.29, 0.717) is 5.56 Å². The van der Waals surface area contributed by atoms with Crippen molar-refractivity contribution in [3.05, 3.63) is 46.5 Å². The van der Waals surface area contributed by atoms with Gasteiger partial charge in [-0.15, -0.1) is 0 Å². The molecule has 1 aromatic rings. The van der Waals surface area contributed by atoms with E-state index in [1.54, 1.807) is 45.0 Å². The van der Waals surface area contributed by atoms with E-state index in [1.165, 1.54) is 27.7 Å². The number of alkyl carbamates (subject to hydrolysis) is 1. The number of ketones is 1. The second-order valence-electron chi connectivity index (χ2n) is 16.3. The molecule has 1 aromatic carbocycles. The monoisotopic (exact) mass is 717 g/mol. The molecule has 3 aliphatic carbocycles. The van der Waals surface area contributed by atoms with Gasteiger partial charge in [-0.2, -0.15) is 0 Å². The SMILES string of the molecule is CC(=O)O[C@@]12CO[C@@H]1C[C@H](O)[C@@]1(C)C(=O)[C@H](O)C3=C(C)[C@@H](OC(=O)[C@H](O)[C@@H](NC(=O)OC(C)(C)C)c4ccc(C)cc4)C[C@@](O)([C@@H](O)[C@H]21)C3(C)C. The molecule has 1 aliphatic heterocycles. The second-order valence-corrected chi connectivity index (χ2v) is 16.3. The molecule has 282 valence electrons. The maximum atomic E-state index is 14.4. The van der Waals surface area contributed by atoms with Crippen LogP contribution in [0.1, 0.15) is 85.4 Å². The van der Waals surface area contributed by atoms with Gasteiger partial charge in [0.15, 0.2) is 17.5 Å². The normalized spacial score (nSPS) is 36.9. The fourth-order valence-corrected chi connectivity index (χ4v) is 8.79. The first kappa shape index (κ1) is 38.8. The second kappa shape index (κ2) is 12.9. The number of nitrogens with one attached hydrogen (secondary N) is 1. The minimum Gasteiger partial charge on any atom is -0.456 e. The van der Waals surface area contributed by atoms with Crippen LogP contribution in [0.5, 0.6) is 0 Å². The molecule has 14 heteroatoms. The Morgan fingerprint density at radius 3 is 2.18 bits per heavy atom. The van der Waals surface area contributed by atoms with Crippen LogP contribution in [0.2, 0.25) is 0 Å². The fourth-order valence-electron chi connectivity index (χ4n) is 8.79. The lowest BCUT2D eigenvalue weighted by atomic mass is 9.44. The largest absolute Gasteiger partial charge is 0.456 e. The predicted octanol–water partition coefficient (Wildman–Crippen LogP) is 1.70. The van der Waals surface area contributed by atoms with Gasteiger partial charge in [0.2, 0.25) is 0 Å². The summed E-state index contributed by atoms with van der Waals surface area (Å²) in [6, 6.07) is 5.36. The molecule has 0 spiro atoms. The number of esters is 2. The van der Waals surface area contributed by atoms with Crippen molar-refractivity contribution in [1.82, 2.24) is 5.32 Å². The molecule has 2 bridgehead atoms. The van der Waals surface area contributed by atoms with Crippen molar-refractivity contribution in [1.29, 1.82) is 0 Å². The number of hydrogen-bond donors (Lipinski definition) is 6. The number of aryl methyl sites for hydroxylation is 1. The molecule has 1 saturated heterocycles. The van der Waals surface area contributed by atoms with Crippen molar-refractivity contribution in [2.45, 2.75) is 135 Å². The van der Waals surface area contributed by atoms with Gasteiger partial charge < -0.3 is 49.8 Å². The molecule has 0 aromatic heterocycles. The standard InChI is InChI=1S/C37H51NO13/c1-17-10-12-20(13-11-17)25(38-32(46)51-33(4,5)6)27(42)31(45)49-21-15-37(47)30(44)28-35(9,29(43)26(41)24(18(21)2)34(37,7)8)22(40)14-23-36(28,16-48-23)50-19(3)39/h10-13,21-23,25-28,30,40-42,44,47H,14-16H2,1-9H3,(H,38,46)/t21-,22-,23+,25-,26+,27+,28-,30-,35+,36-,37+/m0/s1. The summed E-state index contributed by atoms with van der Waals surface area (Å²) in [5.41, 5.74) is -6.86. The van der Waals surface area contributed by atoms with E-state index in [9.17, 15) is 44.7 Å². The van der Waals surface area contributed by atoms with Gasteiger partial charge in [0.25, 0.3) is 0 Å². The summed E-state index contributed by atoms with van der Waals surface area (Å²) in [6.45, 7) is 13.7. The highest BCUT2D eigenvalue weighted by molar-refractivity contribution is 5.93. The number of rotatable bonds is 6. The Morgan fingerprint density at radius 1 is 1.04 bits per heavy atom. The maximum Gasteiger partial charge on any atom is 0.408 e. The highest BCUT2D eigenvalue weighted by Crippen LogP contribution is 2.63. The zero-order valence-corrected chi connectivity index (χ0v) is 30.6. The van der Waals surface area contributed by atoms with Gasteiger partial charge in [-0.05, 0) is 58.3 Å². The van der Waals surface area contributed by atoms with E-state index in [4.69, 9.17) is 18.9 Å². The van der Waals surface area contributed by atoms with E-state index >= 15 is 0 Å². The minimum absolute atomic E-state index is 0.0325. The Labute approximate surface area is 297 Å². The van der Waals surface area contributed by atoms with E-state index in [1.807, 2.05) is 6.92 Å². The molecule has 14 nitrogen and oxygen atoms in total. The number of carbonyl (C=O) groups excluding carboxylic acids is 4. The van der Waals surface area contributed by atoms with E-state index in [0.717, 1.165) is 12.5 Å². The van der Waals surface area contributed by atoms with Crippen molar-refractivity contribution in [2.75, 3.05) is 6.61 Å². The third-order valence-electron chi connectivity index (χ3n) is 11.6. The van der Waals surface area contributed by atoms with Crippen LogP contribution < -0.4 is 5.32 Å². The van der Waals surface area contributed by atoms with Crippen LogP contribution in [0.15, 0.2) is 35.4 Å². The molecule has 0 unspecified atom stereocenters. The molecule has 1 heterocycles. The molecule has 1 amide bonds. The van der Waals surface area contributed by atoms with Crippen LogP contribution in [0.3, 0.4) is 0 Å². The van der Waals surface area contributed by atoms with E-state index in [-0.39, 0.29) is 24.2 Å². The Hall–Kier alpha value is -3.40. The highest BCUT2D eigenvalue weighted by Gasteiger charge is 2.76. The smallest absolute Gasteiger partial charge is 0.408 e. The first-order chi connectivity index (χ1) is 23.4. The molecule has 2 saturated carbocycles. The van der Waals surface area contributed by atoms with Gasteiger partial charge in [-0.25, -0.2) is 9.59 Å². The molecule has 3 fully saturated rings. The van der Waals surface area contributed by atoms with Crippen LogP contribution in [-0.4, -0.2) is 109 Å². The zero-order chi connectivity index (χ0) is 38.2. The average molecular weight is 718 g/mol. The van der Waals surface area contributed by atoms with Crippen molar-refractivity contribution in [3.8, 4) is 0 Å². The Morgan fingerprint density at radius 2 is 1.65 bits per heavy atom. The zero-order valence-electron chi connectivity index (χ0n) is 30.6. The molecule has 11 atom stereocenters. The maximum absolute atomic E-state index is 14.4. The lowest BCUT2D eigenvalue weighted by Crippen LogP contribution is -2.81. The Balaban J connectivity index is 1.56. The number of aliphatic hydroxyl groups excluding tert-OH is 4. The van der Waals surface area contributed by atoms with E-state index < -0.39 is 106 Å². The first-order valence-corrected chi connectivity index (χ1v) is 17.2. The quantitative estimate of drug-likeness (QED) is 0.140. The number of benzene rings is 1. The van der Waals surface area contributed by atoms with Gasteiger partial charge in [-0.1, -0.05) is 43.7 Å². The summed E-state index contributed by atoms with van der Waals surface area (Å²) in [6.07, 6.45) is -11.1. The van der Waals surface area contributed by atoms with Crippen molar-refractivity contribution in [2.24, 2.45) is 16.7 Å². The van der Waals surface area contributed by atoms with Gasteiger partial charge in [-0.3, -0.25) is 9.59 Å². The first-order valence-electron chi connectivity index (χ1n) is 17.2. The number of hydrogen-bond acceptors (Lipinski definition) is 13. The number of ether oxygens (including phenoxy) is 4. The fraction of sp³-hybridized carbons (Fsp3) is 0.676. The third kappa shape index (κ3) is 6.17. The number of carbonyl (C=O) groups is 4. The third-order valence-corrected chi connectivity index (χ3v) is 11.6. The summed E-state index contributed by atoms with van der Waals surface area (Å²) in [5, 5.41) is 62.3. The number of amides is 1. The summed E-state index contributed by atoms with van der Waals surface area (Å²) in [7, 11) is 0. The topological polar surface area (TPSA) is 218 Å². The summed E-state index contributed by atoms with van der Waals surface area (Å²) in [4.78, 5) is 53.5. The Kier molecular flexibility index (Phi) is 9.84. The van der Waals surface area contributed by atoms with Crippen LogP contribution in [0, 0.1) is 23.7 Å². The molecule has 4 aliphatic rings. The predicted molar refractivity (Wildman–Crippen MR) is 179 cm³/mol. The average Bonchev–Trinajstić information content (AvgIpc) is 3.01. The van der Waals surface area contributed by atoms with Crippen LogP contribution in [0.25, 0.3) is 0 Å². The lowest BCUT2D eigenvalue weighted by Gasteiger charge is -2.67. The molecular weight excluding hydrogens is 666 g/mol. The Bertz CT molecular complexity index is 1610. The summed E-state index contributed by atoms with van der Waals surface area (Å²) in [5.74, 6) is -4.29. The number of fused-ring (bicyclic) bond motifs is 5. The van der Waals surface area contributed by atoms with Crippen LogP contribution >= 0.6 is 0 Å². The van der Waals surface area contributed by atoms with Crippen molar-refractivity contribution < 1.29 is 63.7 Å². The van der Waals surface area contributed by atoms with Gasteiger partial charge in [0.05, 0.1) is 30.3 Å². The van der Waals surface area contributed by atoms with E-state index in [2.05, 4.69) is 5.32 Å².